The van der Waals surface area contributed by atoms with Crippen LogP contribution in [-0.2, 0) is 10.3 Å². The summed E-state index contributed by atoms with van der Waals surface area (Å²) in [5, 5.41) is 11.2. The van der Waals surface area contributed by atoms with Gasteiger partial charge in [0.05, 0.1) is 5.54 Å². The highest BCUT2D eigenvalue weighted by atomic mass is 16.1. The molecule has 0 unspecified atom stereocenters. The van der Waals surface area contributed by atoms with E-state index in [4.69, 9.17) is 0 Å². The first-order chi connectivity index (χ1) is 5.52. The minimum Gasteiger partial charge on any atom is -0.300 e. The molecule has 0 saturated carbocycles. The first-order valence-corrected chi connectivity index (χ1v) is 3.75. The van der Waals surface area contributed by atoms with E-state index in [0.29, 0.717) is 6.42 Å². The average Bonchev–Trinajstić information content (AvgIpc) is 2.32. The van der Waals surface area contributed by atoms with E-state index in [-0.39, 0.29) is 11.3 Å². The van der Waals surface area contributed by atoms with Gasteiger partial charge in [0.1, 0.15) is 5.78 Å². The number of Topliss-reactive ketones (excluding diaryl/α,β-unsaturated/α-hetero) is 1. The molecular weight excluding hydrogens is 156 g/mol. The van der Waals surface area contributed by atoms with E-state index in [1.54, 1.807) is 6.92 Å². The van der Waals surface area contributed by atoms with Crippen molar-refractivity contribution in [3.05, 3.63) is 6.33 Å². The molecule has 0 aliphatic rings. The van der Waals surface area contributed by atoms with Gasteiger partial charge in [0, 0.05) is 6.42 Å². The lowest BCUT2D eigenvalue weighted by atomic mass is 9.99. The zero-order valence-electron chi connectivity index (χ0n) is 7.48. The normalized spacial score (nSPS) is 11.6. The van der Waals surface area contributed by atoms with E-state index < -0.39 is 0 Å². The number of hydrogen-bond donors (Lipinski definition) is 0. The molecule has 5 nitrogen and oxygen atoms in total. The lowest BCUT2D eigenvalue weighted by Crippen LogP contribution is -2.31. The Morgan fingerprint density at radius 3 is 2.67 bits per heavy atom. The fourth-order valence-corrected chi connectivity index (χ4v) is 1.12. The Bertz CT molecular complexity index is 265. The summed E-state index contributed by atoms with van der Waals surface area (Å²) in [6.07, 6.45) is 1.78. The molecule has 1 aromatic heterocycles. The summed E-state index contributed by atoms with van der Waals surface area (Å²) in [4.78, 5) is 12.3. The second-order valence-electron chi connectivity index (χ2n) is 3.42. The molecule has 0 radical (unpaired) electrons. The number of tetrazole rings is 1. The lowest BCUT2D eigenvalue weighted by Gasteiger charge is -2.20. The van der Waals surface area contributed by atoms with Crippen LogP contribution < -0.4 is 0 Å². The largest absolute Gasteiger partial charge is 0.300 e. The van der Waals surface area contributed by atoms with Gasteiger partial charge in [-0.15, -0.1) is 10.2 Å². The van der Waals surface area contributed by atoms with E-state index in [9.17, 15) is 4.79 Å². The number of nitrogens with zero attached hydrogens (tertiary/aromatic N) is 4. The van der Waals surface area contributed by atoms with Gasteiger partial charge in [0.15, 0.2) is 6.33 Å². The van der Waals surface area contributed by atoms with E-state index in [1.165, 1.54) is 11.1 Å². The smallest absolute Gasteiger partial charge is 0.162 e. The molecule has 0 aromatic carbocycles. The van der Waals surface area contributed by atoms with E-state index >= 15 is 0 Å². The van der Waals surface area contributed by atoms with Crippen molar-refractivity contribution in [3.63, 3.8) is 0 Å². The van der Waals surface area contributed by atoms with Gasteiger partial charge in [-0.05, 0) is 26.0 Å². The third-order valence-corrected chi connectivity index (χ3v) is 1.57. The van der Waals surface area contributed by atoms with Gasteiger partial charge in [-0.2, -0.15) is 4.80 Å². The second-order valence-corrected chi connectivity index (χ2v) is 3.42. The number of carbonyl (C=O) groups excluding carboxylic acids is 1. The van der Waals surface area contributed by atoms with Crippen molar-refractivity contribution in [2.75, 3.05) is 0 Å². The summed E-state index contributed by atoms with van der Waals surface area (Å²) in [6, 6.07) is 0. The molecule has 0 fully saturated rings. The van der Waals surface area contributed by atoms with Crippen LogP contribution in [0.3, 0.4) is 0 Å². The van der Waals surface area contributed by atoms with Gasteiger partial charge in [-0.3, -0.25) is 4.79 Å². The Hall–Kier alpha value is -1.26. The van der Waals surface area contributed by atoms with Gasteiger partial charge in [-0.25, -0.2) is 0 Å². The molecule has 0 spiro atoms. The summed E-state index contributed by atoms with van der Waals surface area (Å²) < 4.78 is 0. The predicted octanol–water partition coefficient (Wildman–Crippen LogP) is 0.387. The van der Waals surface area contributed by atoms with Gasteiger partial charge >= 0.3 is 0 Å². The third-order valence-electron chi connectivity index (χ3n) is 1.57. The third kappa shape index (κ3) is 1.87. The lowest BCUT2D eigenvalue weighted by molar-refractivity contribution is -0.118. The number of hydrogen-bond acceptors (Lipinski definition) is 4. The molecule has 0 amide bonds. The zero-order valence-corrected chi connectivity index (χ0v) is 7.48. The Morgan fingerprint density at radius 1 is 1.58 bits per heavy atom. The Labute approximate surface area is 70.8 Å². The highest BCUT2D eigenvalue weighted by Crippen LogP contribution is 2.16. The van der Waals surface area contributed by atoms with Crippen LogP contribution in [0.2, 0.25) is 0 Å². The van der Waals surface area contributed by atoms with E-state index in [0.717, 1.165) is 0 Å². The van der Waals surface area contributed by atoms with Gasteiger partial charge in [0.2, 0.25) is 0 Å². The molecule has 1 aromatic rings. The average molecular weight is 168 g/mol. The maximum absolute atomic E-state index is 10.9. The van der Waals surface area contributed by atoms with Gasteiger partial charge in [-0.1, -0.05) is 0 Å². The topological polar surface area (TPSA) is 60.7 Å². The summed E-state index contributed by atoms with van der Waals surface area (Å²) in [7, 11) is 0. The number of aromatic nitrogens is 4. The SMILES string of the molecule is CC(=O)CC(C)(C)n1ncnn1. The molecule has 0 saturated heterocycles. The second kappa shape index (κ2) is 3.00. The highest BCUT2D eigenvalue weighted by molar-refractivity contribution is 5.76. The molecule has 5 heteroatoms. The van der Waals surface area contributed by atoms with Crippen molar-refractivity contribution >= 4 is 5.78 Å². The van der Waals surface area contributed by atoms with Crippen LogP contribution in [-0.4, -0.2) is 26.0 Å². The van der Waals surface area contributed by atoms with E-state index in [1.807, 2.05) is 13.8 Å². The Morgan fingerprint density at radius 2 is 2.25 bits per heavy atom. The molecule has 66 valence electrons. The first kappa shape index (κ1) is 8.83. The fourth-order valence-electron chi connectivity index (χ4n) is 1.12. The molecule has 0 aliphatic heterocycles. The number of carbonyl (C=O) groups is 1. The van der Waals surface area contributed by atoms with Crippen LogP contribution in [0.1, 0.15) is 27.2 Å². The first-order valence-electron chi connectivity index (χ1n) is 3.75. The number of rotatable bonds is 3. The van der Waals surface area contributed by atoms with E-state index in [2.05, 4.69) is 15.4 Å². The molecule has 1 rings (SSSR count). The van der Waals surface area contributed by atoms with Crippen molar-refractivity contribution in [2.45, 2.75) is 32.7 Å². The monoisotopic (exact) mass is 168 g/mol. The molecule has 0 atom stereocenters. The maximum atomic E-state index is 10.9. The molecule has 0 bridgehead atoms. The quantitative estimate of drug-likeness (QED) is 0.655. The van der Waals surface area contributed by atoms with Crippen molar-refractivity contribution in [1.82, 2.24) is 20.2 Å². The molecule has 0 aliphatic carbocycles. The molecular formula is C7H12N4O. The van der Waals surface area contributed by atoms with Gasteiger partial charge in [0.25, 0.3) is 0 Å². The zero-order chi connectivity index (χ0) is 9.19. The highest BCUT2D eigenvalue weighted by Gasteiger charge is 2.24. The Balaban J connectivity index is 2.79. The Kier molecular flexibility index (Phi) is 2.21. The minimum atomic E-state index is -0.373. The molecule has 1 heterocycles. The van der Waals surface area contributed by atoms with Crippen molar-refractivity contribution in [2.24, 2.45) is 0 Å². The fraction of sp³-hybridized carbons (Fsp3) is 0.714. The van der Waals surface area contributed by atoms with Crippen molar-refractivity contribution < 1.29 is 4.79 Å². The van der Waals surface area contributed by atoms with Crippen LogP contribution in [0.25, 0.3) is 0 Å². The molecule has 12 heavy (non-hydrogen) atoms. The number of ketones is 1. The summed E-state index contributed by atoms with van der Waals surface area (Å²) >= 11 is 0. The van der Waals surface area contributed by atoms with Crippen molar-refractivity contribution in [3.8, 4) is 0 Å². The minimum absolute atomic E-state index is 0.123. The van der Waals surface area contributed by atoms with Crippen LogP contribution in [0, 0.1) is 0 Å². The van der Waals surface area contributed by atoms with Crippen LogP contribution >= 0.6 is 0 Å². The summed E-state index contributed by atoms with van der Waals surface area (Å²) in [6.45, 7) is 5.35. The summed E-state index contributed by atoms with van der Waals surface area (Å²) in [5.74, 6) is 0.123. The van der Waals surface area contributed by atoms with Crippen LogP contribution in [0.4, 0.5) is 0 Å². The maximum Gasteiger partial charge on any atom is 0.162 e. The van der Waals surface area contributed by atoms with Crippen LogP contribution in [0.5, 0.6) is 0 Å². The standard InChI is InChI=1S/C7H12N4O/c1-6(12)4-7(2,3)11-9-5-8-10-11/h5H,4H2,1-3H3. The predicted molar refractivity (Wildman–Crippen MR) is 42.4 cm³/mol. The van der Waals surface area contributed by atoms with Crippen molar-refractivity contribution in [1.29, 1.82) is 0 Å². The molecule has 0 N–H and O–H groups in total. The summed E-state index contributed by atoms with van der Waals surface area (Å²) in [5.41, 5.74) is -0.373. The van der Waals surface area contributed by atoms with Gasteiger partial charge < -0.3 is 0 Å². The van der Waals surface area contributed by atoms with Crippen LogP contribution in [0.15, 0.2) is 6.33 Å².